The third-order valence-electron chi connectivity index (χ3n) is 6.72. The van der Waals surface area contributed by atoms with Gasteiger partial charge in [-0.05, 0) is 95.5 Å². The first-order valence-electron chi connectivity index (χ1n) is 12.9. The summed E-state index contributed by atoms with van der Waals surface area (Å²) in [5.74, 6) is 1.93. The number of nitrogens with zero attached hydrogens (tertiary/aromatic N) is 1. The summed E-state index contributed by atoms with van der Waals surface area (Å²) in [6, 6.07) is 28.5. The summed E-state index contributed by atoms with van der Waals surface area (Å²) in [6.45, 7) is 9.18. The van der Waals surface area contributed by atoms with Gasteiger partial charge in [0, 0.05) is 25.7 Å². The molecule has 180 valence electrons. The number of thiophene rings is 1. The van der Waals surface area contributed by atoms with Crippen LogP contribution in [0.25, 0.3) is 53.9 Å². The van der Waals surface area contributed by atoms with Crippen LogP contribution in [0.15, 0.2) is 83.3 Å². The Morgan fingerprint density at radius 2 is 1.42 bits per heavy atom. The van der Waals surface area contributed by atoms with E-state index >= 15 is 0 Å². The summed E-state index contributed by atoms with van der Waals surface area (Å²) in [7, 11) is 0. The third kappa shape index (κ3) is 4.33. The van der Waals surface area contributed by atoms with Crippen LogP contribution in [0, 0.1) is 11.8 Å². The van der Waals surface area contributed by atoms with Crippen LogP contribution in [0.1, 0.15) is 38.8 Å². The van der Waals surface area contributed by atoms with Crippen molar-refractivity contribution in [3.8, 4) is 22.6 Å². The van der Waals surface area contributed by atoms with Crippen molar-refractivity contribution in [3.05, 3.63) is 90.0 Å². The van der Waals surface area contributed by atoms with Crippen molar-refractivity contribution >= 4 is 42.6 Å². The Kier molecular flexibility index (Phi) is 5.89. The van der Waals surface area contributed by atoms with E-state index in [2.05, 4.69) is 87.3 Å². The van der Waals surface area contributed by atoms with Crippen molar-refractivity contribution in [3.63, 3.8) is 0 Å². The molecule has 6 aromatic rings. The lowest BCUT2D eigenvalue weighted by Gasteiger charge is -2.11. The lowest BCUT2D eigenvalue weighted by Crippen LogP contribution is -1.95. The van der Waals surface area contributed by atoms with Gasteiger partial charge in [-0.15, -0.1) is 11.3 Å². The van der Waals surface area contributed by atoms with E-state index in [0.29, 0.717) is 17.7 Å². The first-order chi connectivity index (χ1) is 17.4. The minimum absolute atomic E-state index is 0.609. The lowest BCUT2D eigenvalue weighted by atomic mass is 9.94. The van der Waals surface area contributed by atoms with Crippen LogP contribution in [-0.2, 0) is 12.8 Å². The minimum Gasteiger partial charge on any atom is -0.436 e. The molecule has 0 bridgehead atoms. The Hall–Kier alpha value is -3.43. The standard InChI is InChI=1S/C33H31NOS/c1-20(2)15-22-9-14-31-27(17-22)28-19-23(16-21(3)4)18-26(32(28)36-31)24-10-12-25(13-11-24)33-34-29-7-5-6-8-30(29)35-33/h5-14,17-21H,15-16H2,1-4H3. The van der Waals surface area contributed by atoms with Crippen LogP contribution >= 0.6 is 11.3 Å². The summed E-state index contributed by atoms with van der Waals surface area (Å²) >= 11 is 1.91. The fraction of sp³-hybridized carbons (Fsp3) is 0.242. The Morgan fingerprint density at radius 3 is 2.17 bits per heavy atom. The average Bonchev–Trinajstić information content (AvgIpc) is 3.45. The number of hydrogen-bond acceptors (Lipinski definition) is 3. The second-order valence-corrected chi connectivity index (χ2v) is 11.8. The zero-order valence-corrected chi connectivity index (χ0v) is 22.2. The summed E-state index contributed by atoms with van der Waals surface area (Å²) < 4.78 is 8.74. The van der Waals surface area contributed by atoms with Gasteiger partial charge < -0.3 is 4.42 Å². The zero-order chi connectivity index (χ0) is 24.8. The molecular weight excluding hydrogens is 458 g/mol. The number of oxazole rings is 1. The number of rotatable bonds is 6. The molecule has 0 spiro atoms. The van der Waals surface area contributed by atoms with Gasteiger partial charge in [0.2, 0.25) is 5.89 Å². The van der Waals surface area contributed by atoms with Gasteiger partial charge in [-0.2, -0.15) is 0 Å². The second-order valence-electron chi connectivity index (χ2n) is 10.7. The molecule has 36 heavy (non-hydrogen) atoms. The molecule has 0 saturated carbocycles. The highest BCUT2D eigenvalue weighted by molar-refractivity contribution is 7.26. The summed E-state index contributed by atoms with van der Waals surface area (Å²) in [6.07, 6.45) is 2.19. The second kappa shape index (κ2) is 9.22. The quantitative estimate of drug-likeness (QED) is 0.233. The van der Waals surface area contributed by atoms with Crippen molar-refractivity contribution in [2.24, 2.45) is 11.8 Å². The largest absolute Gasteiger partial charge is 0.436 e. The van der Waals surface area contributed by atoms with Crippen molar-refractivity contribution in [2.45, 2.75) is 40.5 Å². The third-order valence-corrected chi connectivity index (χ3v) is 7.94. The monoisotopic (exact) mass is 489 g/mol. The van der Waals surface area contributed by atoms with E-state index in [1.54, 1.807) is 0 Å². The topological polar surface area (TPSA) is 26.0 Å². The zero-order valence-electron chi connectivity index (χ0n) is 21.3. The van der Waals surface area contributed by atoms with Crippen LogP contribution in [0.3, 0.4) is 0 Å². The summed E-state index contributed by atoms with van der Waals surface area (Å²) in [4.78, 5) is 4.67. The van der Waals surface area contributed by atoms with Gasteiger partial charge in [0.1, 0.15) is 5.52 Å². The molecule has 0 amide bonds. The van der Waals surface area contributed by atoms with E-state index in [1.807, 2.05) is 35.6 Å². The molecule has 0 atom stereocenters. The lowest BCUT2D eigenvalue weighted by molar-refractivity contribution is 0.620. The van der Waals surface area contributed by atoms with Crippen LogP contribution in [0.2, 0.25) is 0 Å². The number of fused-ring (bicyclic) bond motifs is 4. The van der Waals surface area contributed by atoms with Crippen molar-refractivity contribution in [1.82, 2.24) is 4.98 Å². The molecule has 0 unspecified atom stereocenters. The smallest absolute Gasteiger partial charge is 0.227 e. The van der Waals surface area contributed by atoms with Crippen LogP contribution < -0.4 is 0 Å². The predicted molar refractivity (Wildman–Crippen MR) is 155 cm³/mol. The molecule has 6 rings (SSSR count). The van der Waals surface area contributed by atoms with E-state index in [0.717, 1.165) is 29.5 Å². The van der Waals surface area contributed by atoms with Gasteiger partial charge in [0.25, 0.3) is 0 Å². The van der Waals surface area contributed by atoms with E-state index in [9.17, 15) is 0 Å². The first-order valence-corrected chi connectivity index (χ1v) is 13.7. The van der Waals surface area contributed by atoms with E-state index in [4.69, 9.17) is 4.42 Å². The number of para-hydroxylation sites is 2. The molecule has 2 heterocycles. The summed E-state index contributed by atoms with van der Waals surface area (Å²) in [5.41, 5.74) is 8.10. The first kappa shape index (κ1) is 23.0. The minimum atomic E-state index is 0.609. The van der Waals surface area contributed by atoms with E-state index in [1.165, 1.54) is 42.4 Å². The van der Waals surface area contributed by atoms with Crippen LogP contribution in [0.5, 0.6) is 0 Å². The highest BCUT2D eigenvalue weighted by Gasteiger charge is 2.15. The molecule has 2 aromatic heterocycles. The average molecular weight is 490 g/mol. The summed E-state index contributed by atoms with van der Waals surface area (Å²) in [5, 5.41) is 2.78. The maximum absolute atomic E-state index is 6.00. The maximum Gasteiger partial charge on any atom is 0.227 e. The van der Waals surface area contributed by atoms with Crippen LogP contribution in [-0.4, -0.2) is 4.98 Å². The van der Waals surface area contributed by atoms with Crippen molar-refractivity contribution in [1.29, 1.82) is 0 Å². The Balaban J connectivity index is 1.47. The number of aromatic nitrogens is 1. The highest BCUT2D eigenvalue weighted by Crippen LogP contribution is 2.42. The van der Waals surface area contributed by atoms with Crippen molar-refractivity contribution < 1.29 is 4.42 Å². The highest BCUT2D eigenvalue weighted by atomic mass is 32.1. The molecule has 0 saturated heterocycles. The molecule has 0 aliphatic heterocycles. The molecule has 2 nitrogen and oxygen atoms in total. The van der Waals surface area contributed by atoms with Crippen LogP contribution in [0.4, 0.5) is 0 Å². The molecule has 0 aliphatic carbocycles. The normalized spacial score (nSPS) is 12.1. The molecular formula is C33H31NOS. The maximum atomic E-state index is 6.00. The SMILES string of the molecule is CC(C)Cc1ccc2sc3c(-c4ccc(-c5nc6ccccc6o5)cc4)cc(CC(C)C)cc3c2c1. The van der Waals surface area contributed by atoms with Gasteiger partial charge in [-0.25, -0.2) is 4.98 Å². The fourth-order valence-corrected chi connectivity index (χ4v) is 6.38. The molecule has 4 aromatic carbocycles. The van der Waals surface area contributed by atoms with E-state index in [-0.39, 0.29) is 0 Å². The number of hydrogen-bond donors (Lipinski definition) is 0. The molecule has 0 fully saturated rings. The van der Waals surface area contributed by atoms with Gasteiger partial charge in [0.15, 0.2) is 5.58 Å². The molecule has 0 aliphatic rings. The molecule has 0 radical (unpaired) electrons. The Labute approximate surface area is 216 Å². The van der Waals surface area contributed by atoms with Gasteiger partial charge in [-0.1, -0.05) is 58.0 Å². The fourth-order valence-electron chi connectivity index (χ4n) is 5.18. The van der Waals surface area contributed by atoms with E-state index < -0.39 is 0 Å². The van der Waals surface area contributed by atoms with Crippen molar-refractivity contribution in [2.75, 3.05) is 0 Å². The van der Waals surface area contributed by atoms with Gasteiger partial charge in [0.05, 0.1) is 0 Å². The molecule has 0 N–H and O–H groups in total. The number of benzene rings is 4. The Morgan fingerprint density at radius 1 is 0.722 bits per heavy atom. The van der Waals surface area contributed by atoms with Gasteiger partial charge >= 0.3 is 0 Å². The Bertz CT molecular complexity index is 1650. The predicted octanol–water partition coefficient (Wildman–Crippen LogP) is 9.93. The van der Waals surface area contributed by atoms with Gasteiger partial charge in [-0.3, -0.25) is 0 Å². The molecule has 3 heteroatoms.